The van der Waals surface area contributed by atoms with Crippen molar-refractivity contribution in [2.24, 2.45) is 29.6 Å². The van der Waals surface area contributed by atoms with E-state index in [1.807, 2.05) is 0 Å². The molecule has 126 valence electrons. The van der Waals surface area contributed by atoms with Gasteiger partial charge < -0.3 is 5.32 Å². The highest BCUT2D eigenvalue weighted by Crippen LogP contribution is 2.26. The maximum absolute atomic E-state index is 3.80. The van der Waals surface area contributed by atoms with Gasteiger partial charge in [-0.3, -0.25) is 4.90 Å². The standard InChI is InChI=1S/C19H40N2/c1-13(2)9-17-11-21(19(10-20-17)16(7)8)12-18(14(3)4)15(5)6/h13-20H,9-12H2,1-8H3. The predicted octanol–water partition coefficient (Wildman–Crippen LogP) is 4.26. The Hall–Kier alpha value is -0.0800. The Balaban J connectivity index is 2.74. The van der Waals surface area contributed by atoms with Gasteiger partial charge in [0.25, 0.3) is 0 Å². The van der Waals surface area contributed by atoms with Gasteiger partial charge in [-0.05, 0) is 36.0 Å². The Labute approximate surface area is 134 Å². The monoisotopic (exact) mass is 296 g/mol. The summed E-state index contributed by atoms with van der Waals surface area (Å²) < 4.78 is 0. The molecule has 0 aromatic carbocycles. The second-order valence-corrected chi connectivity index (χ2v) is 8.65. The summed E-state index contributed by atoms with van der Waals surface area (Å²) in [6.45, 7) is 22.7. The predicted molar refractivity (Wildman–Crippen MR) is 94.6 cm³/mol. The molecule has 0 amide bonds. The van der Waals surface area contributed by atoms with Gasteiger partial charge in [0.1, 0.15) is 0 Å². The quantitative estimate of drug-likeness (QED) is 0.755. The highest BCUT2D eigenvalue weighted by atomic mass is 15.2. The van der Waals surface area contributed by atoms with Crippen LogP contribution in [0.25, 0.3) is 0 Å². The highest BCUT2D eigenvalue weighted by molar-refractivity contribution is 4.89. The van der Waals surface area contributed by atoms with Crippen LogP contribution in [-0.4, -0.2) is 36.6 Å². The van der Waals surface area contributed by atoms with Crippen LogP contribution in [0.1, 0.15) is 61.8 Å². The number of rotatable bonds is 7. The van der Waals surface area contributed by atoms with E-state index in [-0.39, 0.29) is 0 Å². The van der Waals surface area contributed by atoms with E-state index < -0.39 is 0 Å². The average molecular weight is 297 g/mol. The summed E-state index contributed by atoms with van der Waals surface area (Å²) in [5, 5.41) is 3.80. The molecule has 2 nitrogen and oxygen atoms in total. The molecule has 2 heteroatoms. The number of nitrogens with one attached hydrogen (secondary N) is 1. The minimum absolute atomic E-state index is 0.681. The first kappa shape index (κ1) is 19.0. The first-order chi connectivity index (χ1) is 9.72. The van der Waals surface area contributed by atoms with Gasteiger partial charge in [0.2, 0.25) is 0 Å². The topological polar surface area (TPSA) is 15.3 Å². The molecule has 0 saturated carbocycles. The van der Waals surface area contributed by atoms with E-state index in [0.29, 0.717) is 12.1 Å². The molecule has 0 aromatic rings. The van der Waals surface area contributed by atoms with Gasteiger partial charge in [0.15, 0.2) is 0 Å². The van der Waals surface area contributed by atoms with E-state index in [4.69, 9.17) is 0 Å². The summed E-state index contributed by atoms with van der Waals surface area (Å²) in [5.41, 5.74) is 0. The van der Waals surface area contributed by atoms with Crippen LogP contribution in [0.4, 0.5) is 0 Å². The lowest BCUT2D eigenvalue weighted by molar-refractivity contribution is 0.0569. The van der Waals surface area contributed by atoms with Crippen molar-refractivity contribution in [3.05, 3.63) is 0 Å². The van der Waals surface area contributed by atoms with Crippen molar-refractivity contribution in [3.8, 4) is 0 Å². The summed E-state index contributed by atoms with van der Waals surface area (Å²) in [4.78, 5) is 2.80. The molecule has 21 heavy (non-hydrogen) atoms. The lowest BCUT2D eigenvalue weighted by Crippen LogP contribution is -2.59. The van der Waals surface area contributed by atoms with Gasteiger partial charge in [-0.15, -0.1) is 0 Å². The minimum Gasteiger partial charge on any atom is -0.311 e. The van der Waals surface area contributed by atoms with Crippen molar-refractivity contribution in [1.82, 2.24) is 10.2 Å². The summed E-state index contributed by atoms with van der Waals surface area (Å²) in [5.74, 6) is 3.87. The molecule has 0 spiro atoms. The largest absolute Gasteiger partial charge is 0.311 e. The maximum Gasteiger partial charge on any atom is 0.0244 e. The van der Waals surface area contributed by atoms with Crippen LogP contribution >= 0.6 is 0 Å². The molecule has 1 aliphatic rings. The molecule has 1 aliphatic heterocycles. The molecule has 2 atom stereocenters. The van der Waals surface area contributed by atoms with Gasteiger partial charge in [-0.25, -0.2) is 0 Å². The summed E-state index contributed by atoms with van der Waals surface area (Å²) in [6, 6.07) is 1.38. The summed E-state index contributed by atoms with van der Waals surface area (Å²) in [6.07, 6.45) is 1.30. The number of piperazine rings is 1. The molecule has 0 bridgehead atoms. The van der Waals surface area contributed by atoms with Gasteiger partial charge in [-0.2, -0.15) is 0 Å². The SMILES string of the molecule is CC(C)CC1CN(CC(C(C)C)C(C)C)C(C(C)C)CN1. The molecule has 0 aromatic heterocycles. The van der Waals surface area contributed by atoms with E-state index in [1.54, 1.807) is 0 Å². The summed E-state index contributed by atoms with van der Waals surface area (Å²) >= 11 is 0. The molecule has 2 unspecified atom stereocenters. The van der Waals surface area contributed by atoms with Crippen LogP contribution in [0.5, 0.6) is 0 Å². The Bertz CT molecular complexity index is 275. The van der Waals surface area contributed by atoms with E-state index >= 15 is 0 Å². The van der Waals surface area contributed by atoms with Gasteiger partial charge in [0.05, 0.1) is 0 Å². The molecule has 0 radical (unpaired) electrons. The van der Waals surface area contributed by atoms with E-state index in [1.165, 1.54) is 19.5 Å². The molecule has 1 fully saturated rings. The molecule has 1 saturated heterocycles. The van der Waals surface area contributed by atoms with Crippen LogP contribution in [0, 0.1) is 29.6 Å². The fraction of sp³-hybridized carbons (Fsp3) is 1.00. The van der Waals surface area contributed by atoms with Crippen molar-refractivity contribution in [2.45, 2.75) is 73.9 Å². The van der Waals surface area contributed by atoms with E-state index in [9.17, 15) is 0 Å². The Morgan fingerprint density at radius 1 is 0.952 bits per heavy atom. The number of hydrogen-bond donors (Lipinski definition) is 1. The van der Waals surface area contributed by atoms with Crippen LogP contribution in [-0.2, 0) is 0 Å². The van der Waals surface area contributed by atoms with Crippen molar-refractivity contribution >= 4 is 0 Å². The van der Waals surface area contributed by atoms with Crippen LogP contribution in [0.15, 0.2) is 0 Å². The first-order valence-electron chi connectivity index (χ1n) is 9.19. The van der Waals surface area contributed by atoms with Crippen molar-refractivity contribution in [3.63, 3.8) is 0 Å². The van der Waals surface area contributed by atoms with Crippen LogP contribution < -0.4 is 5.32 Å². The molecule has 1 rings (SSSR count). The lowest BCUT2D eigenvalue weighted by atomic mass is 9.83. The zero-order chi connectivity index (χ0) is 16.2. The third-order valence-electron chi connectivity index (χ3n) is 5.22. The third-order valence-corrected chi connectivity index (χ3v) is 5.22. The third kappa shape index (κ3) is 5.90. The van der Waals surface area contributed by atoms with Gasteiger partial charge in [-0.1, -0.05) is 55.4 Å². The molecular weight excluding hydrogens is 256 g/mol. The average Bonchev–Trinajstić information content (AvgIpc) is 2.34. The first-order valence-corrected chi connectivity index (χ1v) is 9.19. The van der Waals surface area contributed by atoms with Crippen molar-refractivity contribution < 1.29 is 0 Å². The number of nitrogens with zero attached hydrogens (tertiary/aromatic N) is 1. The fourth-order valence-electron chi connectivity index (χ4n) is 3.96. The summed E-state index contributed by atoms with van der Waals surface area (Å²) in [7, 11) is 0. The lowest BCUT2D eigenvalue weighted by Gasteiger charge is -2.45. The normalized spacial score (nSPS) is 25.0. The van der Waals surface area contributed by atoms with E-state index in [2.05, 4.69) is 65.6 Å². The molecule has 1 heterocycles. The maximum atomic E-state index is 3.80. The van der Waals surface area contributed by atoms with E-state index in [0.717, 1.165) is 36.1 Å². The Kier molecular flexibility index (Phi) is 7.70. The van der Waals surface area contributed by atoms with Gasteiger partial charge in [0, 0.05) is 31.7 Å². The molecular formula is C19H40N2. The fourth-order valence-corrected chi connectivity index (χ4v) is 3.96. The molecule has 0 aliphatic carbocycles. The Morgan fingerprint density at radius 2 is 1.52 bits per heavy atom. The van der Waals surface area contributed by atoms with Crippen LogP contribution in [0.2, 0.25) is 0 Å². The van der Waals surface area contributed by atoms with Crippen LogP contribution in [0.3, 0.4) is 0 Å². The zero-order valence-corrected chi connectivity index (χ0v) is 15.8. The van der Waals surface area contributed by atoms with Crippen molar-refractivity contribution in [1.29, 1.82) is 0 Å². The Morgan fingerprint density at radius 3 is 1.95 bits per heavy atom. The zero-order valence-electron chi connectivity index (χ0n) is 15.8. The van der Waals surface area contributed by atoms with Crippen molar-refractivity contribution in [2.75, 3.05) is 19.6 Å². The smallest absolute Gasteiger partial charge is 0.0244 e. The highest BCUT2D eigenvalue weighted by Gasteiger charge is 2.32. The van der Waals surface area contributed by atoms with Gasteiger partial charge >= 0.3 is 0 Å². The molecule has 1 N–H and O–H groups in total. The minimum atomic E-state index is 0.681. The second-order valence-electron chi connectivity index (χ2n) is 8.65. The number of hydrogen-bond acceptors (Lipinski definition) is 2. The second kappa shape index (κ2) is 8.53.